The second-order valence-corrected chi connectivity index (χ2v) is 11.0. The van der Waals surface area contributed by atoms with Crippen LogP contribution in [-0.2, 0) is 9.84 Å². The largest absolute Gasteiger partial charge is 0.396 e. The fraction of sp³-hybridized carbons (Fsp3) is 0.0800. The minimum Gasteiger partial charge on any atom is -0.396 e. The standard InChI is InChI=1S/C25H21ClN2O3S2/c1-15-3-7-17(8-4-15)22(29)23-21(27)24(33(30,31)20-13-9-18(26)10-14-20)25(32-23)28-19-11-5-16(2)6-12-19/h3-14,28H,27H2,1-2H3. The molecule has 0 unspecified atom stereocenters. The molecule has 0 aliphatic heterocycles. The molecule has 1 heterocycles. The van der Waals surface area contributed by atoms with Gasteiger partial charge in [-0.05, 0) is 50.2 Å². The van der Waals surface area contributed by atoms with Gasteiger partial charge < -0.3 is 11.1 Å². The summed E-state index contributed by atoms with van der Waals surface area (Å²) in [5.41, 5.74) is 9.47. The van der Waals surface area contributed by atoms with Crippen molar-refractivity contribution in [3.8, 4) is 0 Å². The van der Waals surface area contributed by atoms with Crippen LogP contribution in [-0.4, -0.2) is 14.2 Å². The molecule has 1 aromatic heterocycles. The van der Waals surface area contributed by atoms with Crippen LogP contribution in [0.5, 0.6) is 0 Å². The molecule has 4 rings (SSSR count). The number of hydrogen-bond donors (Lipinski definition) is 2. The average Bonchev–Trinajstić information content (AvgIpc) is 3.12. The zero-order valence-electron chi connectivity index (χ0n) is 17.9. The Kier molecular flexibility index (Phi) is 6.30. The highest BCUT2D eigenvalue weighted by Crippen LogP contribution is 2.44. The van der Waals surface area contributed by atoms with Crippen molar-refractivity contribution in [2.45, 2.75) is 23.6 Å². The van der Waals surface area contributed by atoms with Gasteiger partial charge in [-0.25, -0.2) is 8.42 Å². The lowest BCUT2D eigenvalue weighted by atomic mass is 10.1. The van der Waals surface area contributed by atoms with Crippen LogP contribution >= 0.6 is 22.9 Å². The molecule has 0 bridgehead atoms. The Bertz CT molecular complexity index is 1430. The first-order chi connectivity index (χ1) is 15.7. The number of hydrogen-bond acceptors (Lipinski definition) is 6. The summed E-state index contributed by atoms with van der Waals surface area (Å²) >= 11 is 6.97. The zero-order chi connectivity index (χ0) is 23.8. The monoisotopic (exact) mass is 496 g/mol. The summed E-state index contributed by atoms with van der Waals surface area (Å²) in [6.45, 7) is 3.88. The van der Waals surface area contributed by atoms with E-state index >= 15 is 0 Å². The normalized spacial score (nSPS) is 11.4. The quantitative estimate of drug-likeness (QED) is 0.301. The molecule has 0 amide bonds. The maximum atomic E-state index is 13.6. The number of aryl methyl sites for hydroxylation is 2. The highest BCUT2D eigenvalue weighted by molar-refractivity contribution is 7.92. The predicted molar refractivity (Wildman–Crippen MR) is 135 cm³/mol. The third-order valence-corrected chi connectivity index (χ3v) is 8.48. The van der Waals surface area contributed by atoms with E-state index in [1.165, 1.54) is 24.3 Å². The van der Waals surface area contributed by atoms with Gasteiger partial charge in [0, 0.05) is 16.3 Å². The van der Waals surface area contributed by atoms with Crippen LogP contribution in [0.15, 0.2) is 82.6 Å². The Balaban J connectivity index is 1.87. The van der Waals surface area contributed by atoms with Crippen molar-refractivity contribution in [1.82, 2.24) is 0 Å². The molecule has 33 heavy (non-hydrogen) atoms. The molecule has 0 aliphatic carbocycles. The second-order valence-electron chi connectivity index (χ2n) is 7.65. The number of anilines is 3. The van der Waals surface area contributed by atoms with E-state index < -0.39 is 9.84 Å². The number of nitrogens with two attached hydrogens (primary N) is 1. The number of nitrogen functional groups attached to an aromatic ring is 1. The summed E-state index contributed by atoms with van der Waals surface area (Å²) in [5, 5.41) is 3.84. The number of rotatable bonds is 6. The number of ketones is 1. The number of halogens is 1. The molecule has 0 saturated carbocycles. The summed E-state index contributed by atoms with van der Waals surface area (Å²) in [6.07, 6.45) is 0. The van der Waals surface area contributed by atoms with Gasteiger partial charge in [0.05, 0.1) is 10.6 Å². The van der Waals surface area contributed by atoms with Gasteiger partial charge in [0.1, 0.15) is 14.8 Å². The minimum atomic E-state index is -4.03. The molecule has 5 nitrogen and oxygen atoms in total. The van der Waals surface area contributed by atoms with Crippen LogP contribution in [0.3, 0.4) is 0 Å². The Morgan fingerprint density at radius 2 is 1.42 bits per heavy atom. The van der Waals surface area contributed by atoms with Gasteiger partial charge in [0.15, 0.2) is 0 Å². The molecule has 0 atom stereocenters. The third-order valence-electron chi connectivity index (χ3n) is 5.12. The van der Waals surface area contributed by atoms with Crippen LogP contribution in [0.4, 0.5) is 16.4 Å². The molecule has 3 N–H and O–H groups in total. The van der Waals surface area contributed by atoms with Gasteiger partial charge in [-0.15, -0.1) is 11.3 Å². The molecule has 8 heteroatoms. The third kappa shape index (κ3) is 4.66. The minimum absolute atomic E-state index is 0.0395. The molecule has 0 radical (unpaired) electrons. The lowest BCUT2D eigenvalue weighted by Gasteiger charge is -2.10. The topological polar surface area (TPSA) is 89.3 Å². The van der Waals surface area contributed by atoms with Gasteiger partial charge in [-0.2, -0.15) is 0 Å². The summed E-state index contributed by atoms with van der Waals surface area (Å²) in [7, 11) is -4.03. The SMILES string of the molecule is Cc1ccc(Nc2sc(C(=O)c3ccc(C)cc3)c(N)c2S(=O)(=O)c2ccc(Cl)cc2)cc1. The number of carbonyl (C=O) groups excluding carboxylic acids is 1. The zero-order valence-corrected chi connectivity index (χ0v) is 20.3. The van der Waals surface area contributed by atoms with Crippen LogP contribution in [0.25, 0.3) is 0 Å². The van der Waals surface area contributed by atoms with Crippen LogP contribution in [0, 0.1) is 13.8 Å². The van der Waals surface area contributed by atoms with Crippen LogP contribution in [0.2, 0.25) is 5.02 Å². The van der Waals surface area contributed by atoms with Gasteiger partial charge in [-0.3, -0.25) is 4.79 Å². The molecule has 3 aromatic carbocycles. The van der Waals surface area contributed by atoms with Gasteiger partial charge in [0.2, 0.25) is 15.6 Å². The molecule has 0 spiro atoms. The van der Waals surface area contributed by atoms with Crippen molar-refractivity contribution in [2.24, 2.45) is 0 Å². The number of carbonyl (C=O) groups is 1. The predicted octanol–water partition coefficient (Wildman–Crippen LogP) is 6.41. The second kappa shape index (κ2) is 9.02. The summed E-state index contributed by atoms with van der Waals surface area (Å²) < 4.78 is 27.2. The van der Waals surface area contributed by atoms with Gasteiger partial charge in [0.25, 0.3) is 0 Å². The number of thiophene rings is 1. The molecule has 0 saturated heterocycles. The highest BCUT2D eigenvalue weighted by atomic mass is 35.5. The lowest BCUT2D eigenvalue weighted by Crippen LogP contribution is -2.08. The lowest BCUT2D eigenvalue weighted by molar-refractivity contribution is 0.104. The van der Waals surface area contributed by atoms with E-state index in [9.17, 15) is 13.2 Å². The first-order valence-corrected chi connectivity index (χ1v) is 12.7. The molecular weight excluding hydrogens is 476 g/mol. The summed E-state index contributed by atoms with van der Waals surface area (Å²) in [5.74, 6) is -0.331. The van der Waals surface area contributed by atoms with E-state index in [-0.39, 0.29) is 31.1 Å². The fourth-order valence-corrected chi connectivity index (χ4v) is 6.34. The number of benzene rings is 3. The average molecular weight is 497 g/mol. The van der Waals surface area contributed by atoms with Crippen LogP contribution in [0.1, 0.15) is 26.4 Å². The van der Waals surface area contributed by atoms with Crippen molar-refractivity contribution in [1.29, 1.82) is 0 Å². The molecular formula is C25H21ClN2O3S2. The highest BCUT2D eigenvalue weighted by Gasteiger charge is 2.31. The molecule has 0 fully saturated rings. The fourth-order valence-electron chi connectivity index (χ4n) is 3.28. The van der Waals surface area contributed by atoms with E-state index in [1.54, 1.807) is 12.1 Å². The van der Waals surface area contributed by atoms with Crippen molar-refractivity contribution in [2.75, 3.05) is 11.1 Å². The van der Waals surface area contributed by atoms with E-state index in [0.717, 1.165) is 22.5 Å². The Labute approximate surface area is 201 Å². The van der Waals surface area contributed by atoms with E-state index in [4.69, 9.17) is 17.3 Å². The van der Waals surface area contributed by atoms with Crippen molar-refractivity contribution < 1.29 is 13.2 Å². The van der Waals surface area contributed by atoms with Crippen molar-refractivity contribution in [3.63, 3.8) is 0 Å². The molecule has 168 valence electrons. The summed E-state index contributed by atoms with van der Waals surface area (Å²) in [6, 6.07) is 20.4. The Morgan fingerprint density at radius 3 is 2.00 bits per heavy atom. The van der Waals surface area contributed by atoms with Crippen molar-refractivity contribution in [3.05, 3.63) is 99.4 Å². The van der Waals surface area contributed by atoms with Crippen LogP contribution < -0.4 is 11.1 Å². The Morgan fingerprint density at radius 1 is 0.879 bits per heavy atom. The van der Waals surface area contributed by atoms with E-state index in [2.05, 4.69) is 5.32 Å². The van der Waals surface area contributed by atoms with Gasteiger partial charge >= 0.3 is 0 Å². The van der Waals surface area contributed by atoms with Gasteiger partial charge in [-0.1, -0.05) is 59.1 Å². The smallest absolute Gasteiger partial charge is 0.211 e. The van der Waals surface area contributed by atoms with E-state index in [1.807, 2.05) is 50.2 Å². The number of sulfone groups is 1. The molecule has 0 aliphatic rings. The Hall–Kier alpha value is -3.13. The maximum Gasteiger partial charge on any atom is 0.211 e. The first kappa shape index (κ1) is 23.0. The maximum absolute atomic E-state index is 13.6. The van der Waals surface area contributed by atoms with Crippen molar-refractivity contribution >= 4 is 54.9 Å². The van der Waals surface area contributed by atoms with E-state index in [0.29, 0.717) is 16.3 Å². The first-order valence-electron chi connectivity index (χ1n) is 10.0. The molecule has 4 aromatic rings. The number of nitrogens with one attached hydrogen (secondary N) is 1. The summed E-state index contributed by atoms with van der Waals surface area (Å²) in [4.78, 5) is 13.3.